The Kier molecular flexibility index (Phi) is 7.78. The molecule has 0 spiro atoms. The summed E-state index contributed by atoms with van der Waals surface area (Å²) in [6, 6.07) is 14.9. The van der Waals surface area contributed by atoms with Gasteiger partial charge in [-0.15, -0.1) is 6.58 Å². The number of nitrogens with one attached hydrogen (secondary N) is 1. The largest absolute Gasteiger partial charge is 0.461 e. The fraction of sp³-hybridized carbons (Fsp3) is 0.192. The summed E-state index contributed by atoms with van der Waals surface area (Å²) in [5, 5.41) is 4.35. The van der Waals surface area contributed by atoms with Crippen LogP contribution in [0.1, 0.15) is 40.1 Å². The van der Waals surface area contributed by atoms with Gasteiger partial charge in [-0.2, -0.15) is 0 Å². The zero-order valence-electron chi connectivity index (χ0n) is 17.7. The van der Waals surface area contributed by atoms with E-state index in [1.165, 1.54) is 0 Å². The lowest BCUT2D eigenvalue weighted by Crippen LogP contribution is -2.24. The Morgan fingerprint density at radius 1 is 1.03 bits per heavy atom. The third-order valence-corrected chi connectivity index (χ3v) is 5.53. The van der Waals surface area contributed by atoms with E-state index in [-0.39, 0.29) is 5.91 Å². The number of rotatable bonds is 8. The van der Waals surface area contributed by atoms with Gasteiger partial charge in [0.05, 0.1) is 5.56 Å². The van der Waals surface area contributed by atoms with Crippen LogP contribution in [0, 0.1) is 13.8 Å². The summed E-state index contributed by atoms with van der Waals surface area (Å²) in [4.78, 5) is 12.8. The topological polar surface area (TPSA) is 42.2 Å². The highest BCUT2D eigenvalue weighted by molar-refractivity contribution is 6.31. The molecule has 2 aromatic carbocycles. The fourth-order valence-electron chi connectivity index (χ4n) is 3.38. The molecule has 1 amide bonds. The summed E-state index contributed by atoms with van der Waals surface area (Å²) in [5.74, 6) is 1.06. The Balaban J connectivity index is 1.70. The van der Waals surface area contributed by atoms with Gasteiger partial charge in [-0.3, -0.25) is 4.79 Å². The minimum Gasteiger partial charge on any atom is -0.461 e. The molecule has 5 heteroatoms. The lowest BCUT2D eigenvalue weighted by atomic mass is 9.97. The van der Waals surface area contributed by atoms with Crippen molar-refractivity contribution in [3.63, 3.8) is 0 Å². The van der Waals surface area contributed by atoms with Gasteiger partial charge in [0.2, 0.25) is 0 Å². The number of halogens is 2. The lowest BCUT2D eigenvalue weighted by Gasteiger charge is -2.12. The molecule has 0 bridgehead atoms. The second-order valence-corrected chi connectivity index (χ2v) is 8.18. The summed E-state index contributed by atoms with van der Waals surface area (Å²) < 4.78 is 5.80. The summed E-state index contributed by atoms with van der Waals surface area (Å²) in [5.41, 5.74) is 4.77. The van der Waals surface area contributed by atoms with Crippen molar-refractivity contribution in [3.8, 4) is 11.3 Å². The van der Waals surface area contributed by atoms with E-state index < -0.39 is 0 Å². The number of allylic oxidation sites excluding steroid dienone is 2. The number of carbonyl (C=O) groups is 1. The number of carbonyl (C=O) groups excluding carboxylic acids is 1. The molecule has 0 saturated carbocycles. The van der Waals surface area contributed by atoms with Crippen molar-refractivity contribution in [1.82, 2.24) is 5.32 Å². The number of aryl methyl sites for hydroxylation is 2. The molecule has 1 aromatic heterocycles. The number of hydrogen-bond donors (Lipinski definition) is 1. The number of amides is 1. The summed E-state index contributed by atoms with van der Waals surface area (Å²) in [6.45, 7) is 8.14. The van der Waals surface area contributed by atoms with Gasteiger partial charge in [-0.05, 0) is 85.9 Å². The molecule has 3 aromatic rings. The van der Waals surface area contributed by atoms with Crippen LogP contribution in [-0.4, -0.2) is 12.5 Å². The van der Waals surface area contributed by atoms with Gasteiger partial charge in [0, 0.05) is 22.2 Å². The molecular weight excluding hydrogens is 429 g/mol. The molecule has 0 aliphatic carbocycles. The van der Waals surface area contributed by atoms with E-state index in [1.807, 2.05) is 36.4 Å². The predicted molar refractivity (Wildman–Crippen MR) is 130 cm³/mol. The van der Waals surface area contributed by atoms with Crippen molar-refractivity contribution >= 4 is 34.7 Å². The molecule has 0 fully saturated rings. The first-order chi connectivity index (χ1) is 14.9. The van der Waals surface area contributed by atoms with Crippen molar-refractivity contribution in [2.45, 2.75) is 26.7 Å². The molecular formula is C26H25Cl2NO2. The van der Waals surface area contributed by atoms with Crippen molar-refractivity contribution in [2.24, 2.45) is 0 Å². The third kappa shape index (κ3) is 5.90. The number of benzene rings is 2. The third-order valence-electron chi connectivity index (χ3n) is 5.05. The summed E-state index contributed by atoms with van der Waals surface area (Å²) >= 11 is 12.2. The van der Waals surface area contributed by atoms with E-state index >= 15 is 0 Å². The summed E-state index contributed by atoms with van der Waals surface area (Å²) in [6.07, 6.45) is 5.41. The van der Waals surface area contributed by atoms with E-state index in [0.717, 1.165) is 28.7 Å². The molecule has 160 valence electrons. The van der Waals surface area contributed by atoms with Crippen molar-refractivity contribution in [3.05, 3.63) is 99.8 Å². The van der Waals surface area contributed by atoms with Gasteiger partial charge in [-0.25, -0.2) is 0 Å². The average molecular weight is 454 g/mol. The first-order valence-electron chi connectivity index (χ1n) is 10.1. The molecule has 31 heavy (non-hydrogen) atoms. The quantitative estimate of drug-likeness (QED) is 0.355. The van der Waals surface area contributed by atoms with Gasteiger partial charge in [0.1, 0.15) is 11.5 Å². The first kappa shape index (κ1) is 22.9. The SMILES string of the molecule is C=CC/C=C(/CCNC(=O)c1cc(-c2ccc(Cl)cc2)oc1C)c1cc(Cl)ccc1C. The van der Waals surface area contributed by atoms with Crippen LogP contribution < -0.4 is 5.32 Å². The first-order valence-corrected chi connectivity index (χ1v) is 10.9. The Morgan fingerprint density at radius 3 is 2.45 bits per heavy atom. The van der Waals surface area contributed by atoms with Crippen LogP contribution in [0.25, 0.3) is 16.9 Å². The Morgan fingerprint density at radius 2 is 1.74 bits per heavy atom. The maximum Gasteiger partial charge on any atom is 0.254 e. The molecule has 0 radical (unpaired) electrons. The van der Waals surface area contributed by atoms with Crippen LogP contribution in [0.5, 0.6) is 0 Å². The van der Waals surface area contributed by atoms with Crippen LogP contribution in [0.15, 0.2) is 71.7 Å². The van der Waals surface area contributed by atoms with Gasteiger partial charge >= 0.3 is 0 Å². The van der Waals surface area contributed by atoms with Crippen LogP contribution in [0.3, 0.4) is 0 Å². The highest BCUT2D eigenvalue weighted by Gasteiger charge is 2.16. The molecule has 3 nitrogen and oxygen atoms in total. The van der Waals surface area contributed by atoms with Crippen LogP contribution >= 0.6 is 23.2 Å². The van der Waals surface area contributed by atoms with Gasteiger partial charge < -0.3 is 9.73 Å². The fourth-order valence-corrected chi connectivity index (χ4v) is 3.68. The Hall–Kier alpha value is -2.75. The van der Waals surface area contributed by atoms with E-state index in [2.05, 4.69) is 24.9 Å². The van der Waals surface area contributed by atoms with Crippen molar-refractivity contribution < 1.29 is 9.21 Å². The summed E-state index contributed by atoms with van der Waals surface area (Å²) in [7, 11) is 0. The van der Waals surface area contributed by atoms with E-state index in [0.29, 0.717) is 40.1 Å². The monoisotopic (exact) mass is 453 g/mol. The zero-order valence-corrected chi connectivity index (χ0v) is 19.2. The normalized spacial score (nSPS) is 11.4. The van der Waals surface area contributed by atoms with Crippen LogP contribution in [0.4, 0.5) is 0 Å². The molecule has 0 atom stereocenters. The minimum absolute atomic E-state index is 0.160. The Labute approximate surface area is 193 Å². The predicted octanol–water partition coefficient (Wildman–Crippen LogP) is 7.65. The highest BCUT2D eigenvalue weighted by Crippen LogP contribution is 2.28. The van der Waals surface area contributed by atoms with Gasteiger partial charge in [-0.1, -0.05) is 41.4 Å². The van der Waals surface area contributed by atoms with E-state index in [1.54, 1.807) is 25.1 Å². The Bertz CT molecular complexity index is 1110. The molecule has 0 aliphatic rings. The second kappa shape index (κ2) is 10.5. The standard InChI is InChI=1S/C26H25Cl2NO2/c1-4-5-6-19(23-15-22(28)10-7-17(23)2)13-14-29-26(30)24-16-25(31-18(24)3)20-8-11-21(27)12-9-20/h4,6-12,15-16H,1,5,13-14H2,2-3H3,(H,29,30)/b19-6-. The lowest BCUT2D eigenvalue weighted by molar-refractivity contribution is 0.0953. The van der Waals surface area contributed by atoms with Gasteiger partial charge in [0.25, 0.3) is 5.91 Å². The molecule has 0 aliphatic heterocycles. The molecule has 0 unspecified atom stereocenters. The highest BCUT2D eigenvalue weighted by atomic mass is 35.5. The van der Waals surface area contributed by atoms with Crippen molar-refractivity contribution in [2.75, 3.05) is 6.54 Å². The van der Waals surface area contributed by atoms with E-state index in [9.17, 15) is 4.79 Å². The molecule has 1 N–H and O–H groups in total. The molecule has 3 rings (SSSR count). The average Bonchev–Trinajstić information content (AvgIpc) is 3.14. The van der Waals surface area contributed by atoms with Gasteiger partial charge in [0.15, 0.2) is 0 Å². The van der Waals surface area contributed by atoms with Crippen molar-refractivity contribution in [1.29, 1.82) is 0 Å². The van der Waals surface area contributed by atoms with Crippen LogP contribution in [-0.2, 0) is 0 Å². The van der Waals surface area contributed by atoms with E-state index in [4.69, 9.17) is 27.6 Å². The minimum atomic E-state index is -0.160. The maximum atomic E-state index is 12.8. The zero-order chi connectivity index (χ0) is 22.4. The smallest absolute Gasteiger partial charge is 0.254 e. The number of furan rings is 1. The molecule has 1 heterocycles. The number of hydrogen-bond acceptors (Lipinski definition) is 2. The second-order valence-electron chi connectivity index (χ2n) is 7.31. The maximum absolute atomic E-state index is 12.8. The van der Waals surface area contributed by atoms with Crippen LogP contribution in [0.2, 0.25) is 10.0 Å². The molecule has 0 saturated heterocycles.